The molecule has 0 saturated carbocycles. The number of amides is 2. The van der Waals surface area contributed by atoms with Gasteiger partial charge in [0.2, 0.25) is 5.91 Å². The molecule has 5 heteroatoms. The standard InChI is InChI=1S/C24H21FN2O2/c1-16(18-11-13-19(25)14-12-18)27-22(20-9-5-6-10-21(20)24(27)29)23(28)26-15-17-7-3-2-4-8-17/h2-14,16,22H,15H2,1H3,(H,26,28). The number of fused-ring (bicyclic) bond motifs is 1. The van der Waals surface area contributed by atoms with Crippen LogP contribution in [0.5, 0.6) is 0 Å². The molecule has 146 valence electrons. The lowest BCUT2D eigenvalue weighted by atomic mass is 10.0. The van der Waals surface area contributed by atoms with Crippen LogP contribution in [0, 0.1) is 5.82 Å². The molecular formula is C24H21FN2O2. The van der Waals surface area contributed by atoms with E-state index in [0.717, 1.165) is 11.1 Å². The fraction of sp³-hybridized carbons (Fsp3) is 0.167. The second kappa shape index (κ2) is 7.87. The maximum absolute atomic E-state index is 13.3. The molecule has 0 radical (unpaired) electrons. The van der Waals surface area contributed by atoms with Gasteiger partial charge in [-0.05, 0) is 41.8 Å². The Hall–Kier alpha value is -3.47. The van der Waals surface area contributed by atoms with Gasteiger partial charge in [0, 0.05) is 12.1 Å². The van der Waals surface area contributed by atoms with E-state index in [1.807, 2.05) is 49.4 Å². The highest BCUT2D eigenvalue weighted by atomic mass is 19.1. The van der Waals surface area contributed by atoms with Gasteiger partial charge in [0.1, 0.15) is 11.9 Å². The molecule has 4 rings (SSSR count). The van der Waals surface area contributed by atoms with Gasteiger partial charge in [0.15, 0.2) is 0 Å². The van der Waals surface area contributed by atoms with E-state index in [2.05, 4.69) is 5.32 Å². The van der Waals surface area contributed by atoms with E-state index in [1.165, 1.54) is 12.1 Å². The molecule has 2 atom stereocenters. The first kappa shape index (κ1) is 18.9. The lowest BCUT2D eigenvalue weighted by molar-refractivity contribution is -0.126. The maximum atomic E-state index is 13.3. The van der Waals surface area contributed by atoms with Gasteiger partial charge < -0.3 is 10.2 Å². The molecular weight excluding hydrogens is 367 g/mol. The first-order chi connectivity index (χ1) is 14.1. The van der Waals surface area contributed by atoms with Crippen molar-refractivity contribution in [2.75, 3.05) is 0 Å². The summed E-state index contributed by atoms with van der Waals surface area (Å²) in [5, 5.41) is 2.95. The number of carbonyl (C=O) groups excluding carboxylic acids is 2. The summed E-state index contributed by atoms with van der Waals surface area (Å²) in [6.07, 6.45) is 0. The summed E-state index contributed by atoms with van der Waals surface area (Å²) >= 11 is 0. The summed E-state index contributed by atoms with van der Waals surface area (Å²) in [5.74, 6) is -0.771. The van der Waals surface area contributed by atoms with Gasteiger partial charge in [-0.3, -0.25) is 9.59 Å². The highest BCUT2D eigenvalue weighted by Crippen LogP contribution is 2.39. The summed E-state index contributed by atoms with van der Waals surface area (Å²) in [6, 6.07) is 21.7. The molecule has 3 aromatic rings. The van der Waals surface area contributed by atoms with Crippen molar-refractivity contribution in [2.45, 2.75) is 25.6 Å². The lowest BCUT2D eigenvalue weighted by Crippen LogP contribution is -2.40. The van der Waals surface area contributed by atoms with Crippen LogP contribution in [0.25, 0.3) is 0 Å². The van der Waals surface area contributed by atoms with Gasteiger partial charge in [0.05, 0.1) is 6.04 Å². The topological polar surface area (TPSA) is 49.4 Å². The minimum absolute atomic E-state index is 0.197. The zero-order valence-corrected chi connectivity index (χ0v) is 16.0. The minimum Gasteiger partial charge on any atom is -0.350 e. The fourth-order valence-electron chi connectivity index (χ4n) is 3.79. The van der Waals surface area contributed by atoms with Crippen molar-refractivity contribution in [3.05, 3.63) is 107 Å². The van der Waals surface area contributed by atoms with Crippen LogP contribution < -0.4 is 5.32 Å². The summed E-state index contributed by atoms with van der Waals surface area (Å²) in [7, 11) is 0. The zero-order chi connectivity index (χ0) is 20.4. The average Bonchev–Trinajstić information content (AvgIpc) is 3.05. The van der Waals surface area contributed by atoms with Crippen LogP contribution in [0.4, 0.5) is 4.39 Å². The van der Waals surface area contributed by atoms with Crippen molar-refractivity contribution in [1.29, 1.82) is 0 Å². The molecule has 0 bridgehead atoms. The van der Waals surface area contributed by atoms with Crippen molar-refractivity contribution in [3.8, 4) is 0 Å². The fourth-order valence-corrected chi connectivity index (χ4v) is 3.79. The molecule has 0 aliphatic carbocycles. The maximum Gasteiger partial charge on any atom is 0.255 e. The highest BCUT2D eigenvalue weighted by Gasteiger charge is 2.43. The van der Waals surface area contributed by atoms with Crippen molar-refractivity contribution < 1.29 is 14.0 Å². The SMILES string of the molecule is CC(c1ccc(F)cc1)N1C(=O)c2ccccc2C1C(=O)NCc1ccccc1. The van der Waals surface area contributed by atoms with Gasteiger partial charge in [-0.15, -0.1) is 0 Å². The van der Waals surface area contributed by atoms with Crippen LogP contribution in [0.3, 0.4) is 0 Å². The van der Waals surface area contributed by atoms with Gasteiger partial charge in [-0.2, -0.15) is 0 Å². The van der Waals surface area contributed by atoms with Crippen LogP contribution >= 0.6 is 0 Å². The van der Waals surface area contributed by atoms with E-state index in [-0.39, 0.29) is 23.7 Å². The van der Waals surface area contributed by atoms with Crippen LogP contribution in [0.1, 0.15) is 46.1 Å². The zero-order valence-electron chi connectivity index (χ0n) is 16.0. The number of benzene rings is 3. The number of halogens is 1. The summed E-state index contributed by atoms with van der Waals surface area (Å²) < 4.78 is 13.3. The van der Waals surface area contributed by atoms with E-state index in [0.29, 0.717) is 17.7 Å². The van der Waals surface area contributed by atoms with Gasteiger partial charge >= 0.3 is 0 Å². The van der Waals surface area contributed by atoms with Crippen LogP contribution in [0.15, 0.2) is 78.9 Å². The van der Waals surface area contributed by atoms with Crippen molar-refractivity contribution in [1.82, 2.24) is 10.2 Å². The highest BCUT2D eigenvalue weighted by molar-refractivity contribution is 6.04. The molecule has 0 fully saturated rings. The molecule has 2 unspecified atom stereocenters. The predicted molar refractivity (Wildman–Crippen MR) is 108 cm³/mol. The number of hydrogen-bond donors (Lipinski definition) is 1. The quantitative estimate of drug-likeness (QED) is 0.704. The summed E-state index contributed by atoms with van der Waals surface area (Å²) in [4.78, 5) is 27.9. The van der Waals surface area contributed by atoms with Crippen LogP contribution in [0.2, 0.25) is 0 Å². The average molecular weight is 388 g/mol. The van der Waals surface area contributed by atoms with E-state index in [9.17, 15) is 14.0 Å². The summed E-state index contributed by atoms with van der Waals surface area (Å²) in [5.41, 5.74) is 2.98. The van der Waals surface area contributed by atoms with Crippen molar-refractivity contribution >= 4 is 11.8 Å². The Bertz CT molecular complexity index is 1030. The van der Waals surface area contributed by atoms with Crippen LogP contribution in [-0.2, 0) is 11.3 Å². The third-order valence-corrected chi connectivity index (χ3v) is 5.33. The first-order valence-corrected chi connectivity index (χ1v) is 9.55. The normalized spacial score (nSPS) is 16.4. The summed E-state index contributed by atoms with van der Waals surface area (Å²) in [6.45, 7) is 2.24. The molecule has 29 heavy (non-hydrogen) atoms. The predicted octanol–water partition coefficient (Wildman–Crippen LogP) is 4.40. The monoisotopic (exact) mass is 388 g/mol. The molecule has 3 aromatic carbocycles. The smallest absolute Gasteiger partial charge is 0.255 e. The van der Waals surface area contributed by atoms with E-state index < -0.39 is 6.04 Å². The Kier molecular flexibility index (Phi) is 5.12. The second-order valence-electron chi connectivity index (χ2n) is 7.13. The van der Waals surface area contributed by atoms with E-state index in [1.54, 1.807) is 29.2 Å². The third-order valence-electron chi connectivity index (χ3n) is 5.33. The third kappa shape index (κ3) is 3.63. The number of carbonyl (C=O) groups is 2. The molecule has 0 aromatic heterocycles. The van der Waals surface area contributed by atoms with Gasteiger partial charge in [0.25, 0.3) is 5.91 Å². The molecule has 0 saturated heterocycles. The molecule has 4 nitrogen and oxygen atoms in total. The number of nitrogens with zero attached hydrogens (tertiary/aromatic N) is 1. The molecule has 1 aliphatic rings. The lowest BCUT2D eigenvalue weighted by Gasteiger charge is -2.31. The second-order valence-corrected chi connectivity index (χ2v) is 7.13. The Morgan fingerprint density at radius 3 is 2.38 bits per heavy atom. The molecule has 1 N–H and O–H groups in total. The Morgan fingerprint density at radius 2 is 1.66 bits per heavy atom. The van der Waals surface area contributed by atoms with E-state index in [4.69, 9.17) is 0 Å². The number of hydrogen-bond acceptors (Lipinski definition) is 2. The Labute approximate surface area is 169 Å². The Morgan fingerprint density at radius 1 is 1.00 bits per heavy atom. The Balaban J connectivity index is 1.64. The largest absolute Gasteiger partial charge is 0.350 e. The van der Waals surface area contributed by atoms with E-state index >= 15 is 0 Å². The molecule has 1 heterocycles. The first-order valence-electron chi connectivity index (χ1n) is 9.55. The molecule has 2 amide bonds. The van der Waals surface area contributed by atoms with Crippen LogP contribution in [-0.4, -0.2) is 16.7 Å². The van der Waals surface area contributed by atoms with Crippen molar-refractivity contribution in [2.24, 2.45) is 0 Å². The molecule has 1 aliphatic heterocycles. The minimum atomic E-state index is -0.734. The number of nitrogens with one attached hydrogen (secondary N) is 1. The van der Waals surface area contributed by atoms with Gasteiger partial charge in [-0.25, -0.2) is 4.39 Å². The van der Waals surface area contributed by atoms with Gasteiger partial charge in [-0.1, -0.05) is 60.7 Å². The number of rotatable bonds is 5. The molecule has 0 spiro atoms. The van der Waals surface area contributed by atoms with Crippen molar-refractivity contribution in [3.63, 3.8) is 0 Å².